The molecule has 0 atom stereocenters. The first-order valence-electron chi connectivity index (χ1n) is 7.02. The largest absolute Gasteiger partial charge is 0.480 e. The summed E-state index contributed by atoms with van der Waals surface area (Å²) in [6.45, 7) is 4.65. The lowest BCUT2D eigenvalue weighted by atomic mass is 10.2. The minimum Gasteiger partial charge on any atom is -0.480 e. The number of ether oxygens (including phenoxy) is 1. The van der Waals surface area contributed by atoms with Crippen molar-refractivity contribution in [3.8, 4) is 0 Å². The molecule has 0 aliphatic carbocycles. The first kappa shape index (κ1) is 18.9. The van der Waals surface area contributed by atoms with Gasteiger partial charge in [-0.2, -0.15) is 0 Å². The van der Waals surface area contributed by atoms with Crippen molar-refractivity contribution in [1.82, 2.24) is 10.6 Å². The van der Waals surface area contributed by atoms with Crippen LogP contribution in [0, 0.1) is 5.41 Å². The van der Waals surface area contributed by atoms with Gasteiger partial charge in [0.05, 0.1) is 0 Å². The summed E-state index contributed by atoms with van der Waals surface area (Å²) >= 11 is 0. The number of benzene rings is 1. The highest BCUT2D eigenvalue weighted by Crippen LogP contribution is 2.10. The van der Waals surface area contributed by atoms with Crippen LogP contribution in [0.15, 0.2) is 24.3 Å². The SMILES string of the molecule is CC(C)(C)OC(=O)NC(=N)c1ccc(NC(=O)NCC(=O)O)cc1. The lowest BCUT2D eigenvalue weighted by Crippen LogP contribution is -2.36. The zero-order valence-corrected chi connectivity index (χ0v) is 13.6. The lowest BCUT2D eigenvalue weighted by molar-refractivity contribution is -0.135. The Hall–Kier alpha value is -3.10. The van der Waals surface area contributed by atoms with Gasteiger partial charge in [-0.3, -0.25) is 15.5 Å². The minimum absolute atomic E-state index is 0.147. The van der Waals surface area contributed by atoms with Gasteiger partial charge in [0.1, 0.15) is 18.0 Å². The predicted molar refractivity (Wildman–Crippen MR) is 87.3 cm³/mol. The number of aliphatic carboxylic acids is 1. The second-order valence-corrected chi connectivity index (χ2v) is 5.78. The van der Waals surface area contributed by atoms with Crippen LogP contribution in [0.2, 0.25) is 0 Å². The molecule has 3 amide bonds. The number of carbonyl (C=O) groups is 3. The number of urea groups is 1. The summed E-state index contributed by atoms with van der Waals surface area (Å²) in [5.74, 6) is -1.30. The van der Waals surface area contributed by atoms with Crippen molar-refractivity contribution >= 4 is 29.6 Å². The van der Waals surface area contributed by atoms with Crippen LogP contribution in [0.4, 0.5) is 15.3 Å². The van der Waals surface area contributed by atoms with Crippen LogP contribution in [0.1, 0.15) is 26.3 Å². The number of nitrogens with one attached hydrogen (secondary N) is 4. The molecule has 9 nitrogen and oxygen atoms in total. The number of carboxylic acids is 1. The summed E-state index contributed by atoms with van der Waals surface area (Å²) in [7, 11) is 0. The van der Waals surface area contributed by atoms with Crippen LogP contribution in [-0.2, 0) is 9.53 Å². The van der Waals surface area contributed by atoms with Crippen LogP contribution in [0.25, 0.3) is 0 Å². The Bertz CT molecular complexity index is 634. The molecule has 0 bridgehead atoms. The van der Waals surface area contributed by atoms with Gasteiger partial charge in [0.2, 0.25) is 0 Å². The van der Waals surface area contributed by atoms with E-state index in [1.54, 1.807) is 20.8 Å². The first-order chi connectivity index (χ1) is 11.1. The quantitative estimate of drug-likeness (QED) is 0.421. The monoisotopic (exact) mass is 336 g/mol. The molecule has 1 aromatic rings. The van der Waals surface area contributed by atoms with Crippen molar-refractivity contribution in [2.24, 2.45) is 0 Å². The fraction of sp³-hybridized carbons (Fsp3) is 0.333. The van der Waals surface area contributed by atoms with E-state index in [1.165, 1.54) is 24.3 Å². The van der Waals surface area contributed by atoms with E-state index < -0.39 is 30.2 Å². The molecule has 0 aliphatic heterocycles. The maximum Gasteiger partial charge on any atom is 0.413 e. The van der Waals surface area contributed by atoms with E-state index in [0.717, 1.165) is 0 Å². The summed E-state index contributed by atoms with van der Waals surface area (Å²) in [5.41, 5.74) is 0.158. The summed E-state index contributed by atoms with van der Waals surface area (Å²) in [6, 6.07) is 5.41. The van der Waals surface area contributed by atoms with Crippen LogP contribution in [0.5, 0.6) is 0 Å². The van der Waals surface area contributed by atoms with E-state index in [1.807, 2.05) is 0 Å². The topological polar surface area (TPSA) is 141 Å². The third kappa shape index (κ3) is 7.25. The molecule has 1 rings (SSSR count). The number of rotatable bonds is 4. The predicted octanol–water partition coefficient (Wildman–Crippen LogP) is 1.74. The second-order valence-electron chi connectivity index (χ2n) is 5.78. The Morgan fingerprint density at radius 2 is 1.75 bits per heavy atom. The number of anilines is 1. The van der Waals surface area contributed by atoms with Gasteiger partial charge in [0.25, 0.3) is 0 Å². The molecule has 0 radical (unpaired) electrons. The van der Waals surface area contributed by atoms with Crippen LogP contribution in [-0.4, -0.2) is 41.2 Å². The molecule has 0 heterocycles. The number of alkyl carbamates (subject to hydrolysis) is 1. The molecule has 24 heavy (non-hydrogen) atoms. The lowest BCUT2D eigenvalue weighted by Gasteiger charge is -2.19. The molecule has 0 unspecified atom stereocenters. The molecule has 0 spiro atoms. The molecule has 130 valence electrons. The number of carbonyl (C=O) groups excluding carboxylic acids is 2. The van der Waals surface area contributed by atoms with Gasteiger partial charge in [-0.05, 0) is 45.0 Å². The normalized spacial score (nSPS) is 10.5. The number of hydrogen-bond donors (Lipinski definition) is 5. The fourth-order valence-electron chi connectivity index (χ4n) is 1.53. The maximum atomic E-state index is 11.6. The molecule has 0 aliphatic rings. The second kappa shape index (κ2) is 7.95. The fourth-order valence-corrected chi connectivity index (χ4v) is 1.53. The smallest absolute Gasteiger partial charge is 0.413 e. The molecule has 9 heteroatoms. The van der Waals surface area contributed by atoms with E-state index in [-0.39, 0.29) is 5.84 Å². The highest BCUT2D eigenvalue weighted by atomic mass is 16.6. The third-order valence-corrected chi connectivity index (χ3v) is 2.46. The maximum absolute atomic E-state index is 11.6. The van der Waals surface area contributed by atoms with E-state index in [4.69, 9.17) is 15.3 Å². The van der Waals surface area contributed by atoms with Gasteiger partial charge in [-0.1, -0.05) is 0 Å². The van der Waals surface area contributed by atoms with Crippen molar-refractivity contribution in [3.63, 3.8) is 0 Å². The third-order valence-electron chi connectivity index (χ3n) is 2.46. The van der Waals surface area contributed by atoms with Gasteiger partial charge < -0.3 is 20.5 Å². The Morgan fingerprint density at radius 1 is 1.17 bits per heavy atom. The Labute approximate surface area is 138 Å². The van der Waals surface area contributed by atoms with E-state index >= 15 is 0 Å². The Balaban J connectivity index is 2.57. The molecule has 0 saturated heterocycles. The highest BCUT2D eigenvalue weighted by molar-refractivity contribution is 6.04. The Morgan fingerprint density at radius 3 is 2.25 bits per heavy atom. The van der Waals surface area contributed by atoms with Gasteiger partial charge in [-0.25, -0.2) is 9.59 Å². The van der Waals surface area contributed by atoms with Crippen LogP contribution in [0.3, 0.4) is 0 Å². The average Bonchev–Trinajstić information content (AvgIpc) is 2.43. The number of hydrogen-bond acceptors (Lipinski definition) is 5. The van der Waals surface area contributed by atoms with Crippen molar-refractivity contribution in [3.05, 3.63) is 29.8 Å². The molecular formula is C15H20N4O5. The number of amidine groups is 1. The highest BCUT2D eigenvalue weighted by Gasteiger charge is 2.17. The van der Waals surface area contributed by atoms with Gasteiger partial charge in [0, 0.05) is 11.3 Å². The zero-order chi connectivity index (χ0) is 18.3. The molecule has 0 aromatic heterocycles. The van der Waals surface area contributed by atoms with Crippen molar-refractivity contribution in [2.45, 2.75) is 26.4 Å². The van der Waals surface area contributed by atoms with Crippen LogP contribution < -0.4 is 16.0 Å². The summed E-state index contributed by atoms with van der Waals surface area (Å²) < 4.78 is 5.05. The summed E-state index contributed by atoms with van der Waals surface area (Å²) in [5, 5.41) is 23.2. The molecular weight excluding hydrogens is 316 g/mol. The van der Waals surface area contributed by atoms with Crippen molar-refractivity contribution < 1.29 is 24.2 Å². The van der Waals surface area contributed by atoms with Gasteiger partial charge in [-0.15, -0.1) is 0 Å². The van der Waals surface area contributed by atoms with Gasteiger partial charge in [0.15, 0.2) is 0 Å². The van der Waals surface area contributed by atoms with E-state index in [2.05, 4.69) is 16.0 Å². The first-order valence-corrected chi connectivity index (χ1v) is 7.02. The molecule has 0 fully saturated rings. The van der Waals surface area contributed by atoms with E-state index in [0.29, 0.717) is 11.3 Å². The molecule has 5 N–H and O–H groups in total. The summed E-state index contributed by atoms with van der Waals surface area (Å²) in [6.07, 6.45) is -0.734. The molecule has 1 aromatic carbocycles. The standard InChI is InChI=1S/C15H20N4O5/c1-15(2,3)24-14(23)19-12(16)9-4-6-10(7-5-9)18-13(22)17-8-11(20)21/h4-7H,8H2,1-3H3,(H,20,21)(H2,16,19,23)(H2,17,18,22). The number of amides is 3. The molecule has 0 saturated carbocycles. The van der Waals surface area contributed by atoms with Gasteiger partial charge >= 0.3 is 18.1 Å². The zero-order valence-electron chi connectivity index (χ0n) is 13.6. The van der Waals surface area contributed by atoms with Crippen molar-refractivity contribution in [2.75, 3.05) is 11.9 Å². The Kier molecular flexibility index (Phi) is 6.28. The van der Waals surface area contributed by atoms with Crippen molar-refractivity contribution in [1.29, 1.82) is 5.41 Å². The average molecular weight is 336 g/mol. The van der Waals surface area contributed by atoms with E-state index in [9.17, 15) is 14.4 Å². The van der Waals surface area contributed by atoms with Crippen LogP contribution >= 0.6 is 0 Å². The number of carboxylic acid groups (broad SMARTS) is 1. The summed E-state index contributed by atoms with van der Waals surface area (Å²) in [4.78, 5) is 33.3. The minimum atomic E-state index is -1.15.